The first-order valence-corrected chi connectivity index (χ1v) is 6.54. The largest absolute Gasteiger partial charge is 0.399 e. The SMILES string of the molecule is Cc1c(N)cccc1CNc1nncc2ccccc12. The average Bonchev–Trinajstić information content (AvgIpc) is 2.49. The normalized spacial score (nSPS) is 10.7. The molecule has 0 saturated carbocycles. The Morgan fingerprint density at radius 2 is 1.95 bits per heavy atom. The number of nitrogens with zero attached hydrogens (tertiary/aromatic N) is 2. The van der Waals surface area contributed by atoms with Gasteiger partial charge in [0.2, 0.25) is 0 Å². The summed E-state index contributed by atoms with van der Waals surface area (Å²) < 4.78 is 0. The molecular weight excluding hydrogens is 248 g/mol. The van der Waals surface area contributed by atoms with Crippen molar-refractivity contribution in [3.8, 4) is 0 Å². The van der Waals surface area contributed by atoms with Crippen LogP contribution in [0.4, 0.5) is 11.5 Å². The Balaban J connectivity index is 1.89. The summed E-state index contributed by atoms with van der Waals surface area (Å²) in [6.07, 6.45) is 1.77. The Bertz CT molecular complexity index is 747. The maximum absolute atomic E-state index is 5.92. The Kier molecular flexibility index (Phi) is 3.21. The van der Waals surface area contributed by atoms with E-state index in [1.165, 1.54) is 5.56 Å². The lowest BCUT2D eigenvalue weighted by Crippen LogP contribution is -2.05. The summed E-state index contributed by atoms with van der Waals surface area (Å²) in [6, 6.07) is 14.0. The van der Waals surface area contributed by atoms with E-state index in [9.17, 15) is 0 Å². The zero-order valence-corrected chi connectivity index (χ0v) is 11.3. The van der Waals surface area contributed by atoms with Gasteiger partial charge in [-0.15, -0.1) is 5.10 Å². The number of benzene rings is 2. The Morgan fingerprint density at radius 1 is 1.10 bits per heavy atom. The van der Waals surface area contributed by atoms with Gasteiger partial charge >= 0.3 is 0 Å². The maximum Gasteiger partial charge on any atom is 0.156 e. The molecule has 1 aromatic heterocycles. The molecule has 3 aromatic rings. The standard InChI is InChI=1S/C16H16N4/c1-11-12(6-4-8-15(11)17)9-18-16-14-7-3-2-5-13(14)10-19-20-16/h2-8,10H,9,17H2,1H3,(H,18,20). The van der Waals surface area contributed by atoms with Gasteiger partial charge in [-0.25, -0.2) is 0 Å². The van der Waals surface area contributed by atoms with Gasteiger partial charge in [-0.1, -0.05) is 36.4 Å². The van der Waals surface area contributed by atoms with E-state index in [-0.39, 0.29) is 0 Å². The van der Waals surface area contributed by atoms with Gasteiger partial charge in [0.15, 0.2) is 5.82 Å². The van der Waals surface area contributed by atoms with Crippen molar-refractivity contribution in [1.82, 2.24) is 10.2 Å². The molecule has 0 amide bonds. The van der Waals surface area contributed by atoms with Crippen molar-refractivity contribution < 1.29 is 0 Å². The molecule has 0 spiro atoms. The zero-order chi connectivity index (χ0) is 13.9. The number of fused-ring (bicyclic) bond motifs is 1. The molecule has 2 aromatic carbocycles. The molecule has 100 valence electrons. The van der Waals surface area contributed by atoms with Crippen LogP contribution in [0.2, 0.25) is 0 Å². The third-order valence-electron chi connectivity index (χ3n) is 3.50. The molecule has 1 heterocycles. The molecule has 4 heteroatoms. The van der Waals surface area contributed by atoms with Crippen LogP contribution in [0.3, 0.4) is 0 Å². The number of rotatable bonds is 3. The lowest BCUT2D eigenvalue weighted by Gasteiger charge is -2.11. The van der Waals surface area contributed by atoms with Gasteiger partial charge in [0.1, 0.15) is 0 Å². The Hall–Kier alpha value is -2.62. The van der Waals surface area contributed by atoms with Gasteiger partial charge in [0.05, 0.1) is 6.20 Å². The molecule has 4 nitrogen and oxygen atoms in total. The van der Waals surface area contributed by atoms with E-state index in [0.29, 0.717) is 6.54 Å². The predicted molar refractivity (Wildman–Crippen MR) is 82.5 cm³/mol. The molecule has 0 aliphatic heterocycles. The van der Waals surface area contributed by atoms with Gasteiger partial charge < -0.3 is 11.1 Å². The van der Waals surface area contributed by atoms with Crippen molar-refractivity contribution >= 4 is 22.3 Å². The first-order chi connectivity index (χ1) is 9.75. The van der Waals surface area contributed by atoms with Crippen LogP contribution in [0.15, 0.2) is 48.7 Å². The van der Waals surface area contributed by atoms with E-state index in [0.717, 1.165) is 27.8 Å². The number of anilines is 2. The molecule has 0 bridgehead atoms. The molecule has 0 unspecified atom stereocenters. The van der Waals surface area contributed by atoms with E-state index in [1.807, 2.05) is 43.3 Å². The summed E-state index contributed by atoms with van der Waals surface area (Å²) >= 11 is 0. The molecule has 0 aliphatic carbocycles. The molecule has 0 saturated heterocycles. The lowest BCUT2D eigenvalue weighted by atomic mass is 10.1. The lowest BCUT2D eigenvalue weighted by molar-refractivity contribution is 1.01. The molecule has 20 heavy (non-hydrogen) atoms. The van der Waals surface area contributed by atoms with Crippen LogP contribution in [0.1, 0.15) is 11.1 Å². The monoisotopic (exact) mass is 264 g/mol. The fourth-order valence-electron chi connectivity index (χ4n) is 2.23. The van der Waals surface area contributed by atoms with Crippen molar-refractivity contribution in [2.75, 3.05) is 11.1 Å². The number of nitrogen functional groups attached to an aromatic ring is 1. The van der Waals surface area contributed by atoms with Crippen LogP contribution >= 0.6 is 0 Å². The van der Waals surface area contributed by atoms with Gasteiger partial charge in [-0.3, -0.25) is 0 Å². The van der Waals surface area contributed by atoms with E-state index >= 15 is 0 Å². The van der Waals surface area contributed by atoms with Crippen LogP contribution < -0.4 is 11.1 Å². The second kappa shape index (κ2) is 5.17. The molecule has 0 radical (unpaired) electrons. The minimum Gasteiger partial charge on any atom is -0.399 e. The van der Waals surface area contributed by atoms with Gasteiger partial charge in [-0.2, -0.15) is 5.10 Å². The van der Waals surface area contributed by atoms with Crippen LogP contribution in [-0.2, 0) is 6.54 Å². The smallest absolute Gasteiger partial charge is 0.156 e. The predicted octanol–water partition coefficient (Wildman–Crippen LogP) is 3.13. The molecule has 0 aliphatic rings. The van der Waals surface area contributed by atoms with Crippen molar-refractivity contribution in [2.45, 2.75) is 13.5 Å². The van der Waals surface area contributed by atoms with E-state index in [2.05, 4.69) is 21.6 Å². The highest BCUT2D eigenvalue weighted by atomic mass is 15.2. The second-order valence-electron chi connectivity index (χ2n) is 4.77. The third-order valence-corrected chi connectivity index (χ3v) is 3.50. The Morgan fingerprint density at radius 3 is 2.85 bits per heavy atom. The van der Waals surface area contributed by atoms with Crippen molar-refractivity contribution in [2.24, 2.45) is 0 Å². The Labute approximate surface area is 117 Å². The highest BCUT2D eigenvalue weighted by Gasteiger charge is 2.05. The number of nitrogens with two attached hydrogens (primary N) is 1. The highest BCUT2D eigenvalue weighted by molar-refractivity contribution is 5.90. The average molecular weight is 264 g/mol. The van der Waals surface area contributed by atoms with E-state index < -0.39 is 0 Å². The molecule has 3 N–H and O–H groups in total. The fraction of sp³-hybridized carbons (Fsp3) is 0.125. The summed E-state index contributed by atoms with van der Waals surface area (Å²) in [5, 5.41) is 13.7. The quantitative estimate of drug-likeness (QED) is 0.713. The first-order valence-electron chi connectivity index (χ1n) is 6.54. The second-order valence-corrected chi connectivity index (χ2v) is 4.77. The van der Waals surface area contributed by atoms with Gasteiger partial charge in [0, 0.05) is 23.0 Å². The number of nitrogens with one attached hydrogen (secondary N) is 1. The maximum atomic E-state index is 5.92. The van der Waals surface area contributed by atoms with Crippen molar-refractivity contribution in [3.63, 3.8) is 0 Å². The summed E-state index contributed by atoms with van der Waals surface area (Å²) in [6.45, 7) is 2.71. The minimum absolute atomic E-state index is 0.680. The molecule has 0 atom stereocenters. The van der Waals surface area contributed by atoms with Crippen LogP contribution in [-0.4, -0.2) is 10.2 Å². The summed E-state index contributed by atoms with van der Waals surface area (Å²) in [7, 11) is 0. The van der Waals surface area contributed by atoms with E-state index in [4.69, 9.17) is 5.73 Å². The molecule has 0 fully saturated rings. The minimum atomic E-state index is 0.680. The van der Waals surface area contributed by atoms with Gasteiger partial charge in [0.25, 0.3) is 0 Å². The topological polar surface area (TPSA) is 63.8 Å². The fourth-order valence-corrected chi connectivity index (χ4v) is 2.23. The van der Waals surface area contributed by atoms with Gasteiger partial charge in [-0.05, 0) is 24.1 Å². The van der Waals surface area contributed by atoms with Crippen LogP contribution in [0.5, 0.6) is 0 Å². The highest BCUT2D eigenvalue weighted by Crippen LogP contribution is 2.21. The van der Waals surface area contributed by atoms with Crippen molar-refractivity contribution in [3.05, 3.63) is 59.8 Å². The third kappa shape index (κ3) is 2.28. The number of hydrogen-bond donors (Lipinski definition) is 2. The number of aromatic nitrogens is 2. The first kappa shape index (κ1) is 12.4. The molecule has 3 rings (SSSR count). The number of hydrogen-bond acceptors (Lipinski definition) is 4. The van der Waals surface area contributed by atoms with Crippen molar-refractivity contribution in [1.29, 1.82) is 0 Å². The summed E-state index contributed by atoms with van der Waals surface area (Å²) in [5.41, 5.74) is 9.01. The summed E-state index contributed by atoms with van der Waals surface area (Å²) in [5.74, 6) is 0.796. The summed E-state index contributed by atoms with van der Waals surface area (Å²) in [4.78, 5) is 0. The van der Waals surface area contributed by atoms with Crippen LogP contribution in [0, 0.1) is 6.92 Å². The zero-order valence-electron chi connectivity index (χ0n) is 11.3. The van der Waals surface area contributed by atoms with E-state index in [1.54, 1.807) is 6.20 Å². The molecular formula is C16H16N4. The van der Waals surface area contributed by atoms with Crippen LogP contribution in [0.25, 0.3) is 10.8 Å².